The molecule has 0 saturated heterocycles. The van der Waals surface area contributed by atoms with E-state index in [1.54, 1.807) is 0 Å². The highest BCUT2D eigenvalue weighted by molar-refractivity contribution is 7.02. The number of nitrogens with zero attached hydrogens (tertiary/aromatic N) is 2. The lowest BCUT2D eigenvalue weighted by atomic mass is 9.31. The zero-order valence-corrected chi connectivity index (χ0v) is 30.6. The van der Waals surface area contributed by atoms with Gasteiger partial charge in [-0.25, -0.2) is 0 Å². The molecule has 0 fully saturated rings. The summed E-state index contributed by atoms with van der Waals surface area (Å²) >= 11 is 0. The van der Waals surface area contributed by atoms with Gasteiger partial charge in [0.25, 0.3) is 0 Å². The van der Waals surface area contributed by atoms with Crippen LogP contribution >= 0.6 is 0 Å². The third-order valence-electron chi connectivity index (χ3n) is 12.7. The first-order chi connectivity index (χ1) is 25.1. The van der Waals surface area contributed by atoms with Gasteiger partial charge < -0.3 is 9.80 Å². The molecule has 0 N–H and O–H groups in total. The lowest BCUT2D eigenvalue weighted by molar-refractivity contribution is 0.561. The van der Waals surface area contributed by atoms with Crippen LogP contribution in [0.25, 0.3) is 54.6 Å². The second-order valence-corrected chi connectivity index (χ2v) is 17.6. The van der Waals surface area contributed by atoms with Gasteiger partial charge in [-0.2, -0.15) is 0 Å². The van der Waals surface area contributed by atoms with Crippen molar-refractivity contribution in [2.24, 2.45) is 0 Å². The summed E-state index contributed by atoms with van der Waals surface area (Å²) in [5, 5.41) is 8.42. The lowest BCUT2D eigenvalue weighted by Crippen LogP contribution is -2.62. The Morgan fingerprint density at radius 1 is 0.365 bits per heavy atom. The molecule has 0 atom stereocenters. The van der Waals surface area contributed by atoms with E-state index in [1.807, 2.05) is 0 Å². The summed E-state index contributed by atoms with van der Waals surface area (Å²) in [4.78, 5) is 5.16. The summed E-state index contributed by atoms with van der Waals surface area (Å²) in [7, 11) is 0. The van der Waals surface area contributed by atoms with Crippen molar-refractivity contribution in [3.05, 3.63) is 121 Å². The van der Waals surface area contributed by atoms with Crippen LogP contribution in [0.1, 0.15) is 41.5 Å². The molecule has 246 valence electrons. The maximum absolute atomic E-state index is 2.58. The third kappa shape index (κ3) is 3.36. The Bertz CT molecular complexity index is 2710. The van der Waals surface area contributed by atoms with Gasteiger partial charge in [-0.3, -0.25) is 0 Å². The molecule has 12 rings (SSSR count). The molecule has 0 bridgehead atoms. The third-order valence-corrected chi connectivity index (χ3v) is 12.7. The Morgan fingerprint density at radius 2 is 0.769 bits per heavy atom. The van der Waals surface area contributed by atoms with Crippen LogP contribution in [-0.4, -0.2) is 24.5 Å². The van der Waals surface area contributed by atoms with E-state index in [-0.39, 0.29) is 24.5 Å². The minimum atomic E-state index is -0.0715. The highest BCUT2D eigenvalue weighted by Gasteiger charge is 2.46. The zero-order valence-electron chi connectivity index (χ0n) is 30.6. The van der Waals surface area contributed by atoms with Crippen LogP contribution in [0.3, 0.4) is 0 Å². The summed E-state index contributed by atoms with van der Waals surface area (Å²) in [5.74, 6) is 0. The molecule has 0 spiro atoms. The van der Waals surface area contributed by atoms with E-state index in [0.717, 1.165) is 0 Å². The quantitative estimate of drug-likeness (QED) is 0.120. The standard InChI is InChI=1S/C48H38B2N2/c1-47(2,3)51-37-17-9-7-15-33(37)49-35-25-27-22-24-30-32-14-12-20-40-46(32)50(34-16-8-10-18-38(34)52(40)48(4,5)6)36-26-28-21-23-29(31-13-11-19-39(51)45(31)49)43(35)41(28)42(27)44(30)36/h7-26H,1-6H3. The first kappa shape index (κ1) is 29.1. The fourth-order valence-corrected chi connectivity index (χ4v) is 11.1. The van der Waals surface area contributed by atoms with Crippen LogP contribution in [0.2, 0.25) is 0 Å². The minimum absolute atomic E-state index is 0.0715. The van der Waals surface area contributed by atoms with Gasteiger partial charge in [-0.1, -0.05) is 108 Å². The van der Waals surface area contributed by atoms with E-state index in [9.17, 15) is 0 Å². The smallest absolute Gasteiger partial charge is 0.248 e. The molecule has 4 heterocycles. The van der Waals surface area contributed by atoms with Crippen molar-refractivity contribution >= 4 is 101 Å². The van der Waals surface area contributed by atoms with Crippen LogP contribution in [0, 0.1) is 0 Å². The molecule has 0 unspecified atom stereocenters. The number of para-hydroxylation sites is 2. The second-order valence-electron chi connectivity index (χ2n) is 17.6. The molecule has 0 saturated carbocycles. The van der Waals surface area contributed by atoms with E-state index in [2.05, 4.69) is 173 Å². The van der Waals surface area contributed by atoms with Crippen LogP contribution < -0.4 is 42.6 Å². The topological polar surface area (TPSA) is 6.48 Å². The number of anilines is 4. The number of benzene rings is 8. The molecule has 8 aromatic carbocycles. The van der Waals surface area contributed by atoms with Crippen LogP contribution in [0.4, 0.5) is 22.7 Å². The molecule has 4 aliphatic heterocycles. The summed E-state index contributed by atoms with van der Waals surface area (Å²) in [5.41, 5.74) is 19.3. The highest BCUT2D eigenvalue weighted by atomic mass is 15.2. The number of hydrogen-bond acceptors (Lipinski definition) is 2. The number of hydrogen-bond donors (Lipinski definition) is 0. The van der Waals surface area contributed by atoms with Gasteiger partial charge in [-0.05, 0) is 142 Å². The Hall–Kier alpha value is -5.47. The molecule has 0 aliphatic carbocycles. The first-order valence-corrected chi connectivity index (χ1v) is 18.9. The summed E-state index contributed by atoms with van der Waals surface area (Å²) in [6.07, 6.45) is 0. The van der Waals surface area contributed by atoms with Crippen molar-refractivity contribution in [3.63, 3.8) is 0 Å². The Labute approximate surface area is 306 Å². The van der Waals surface area contributed by atoms with Crippen molar-refractivity contribution in [1.82, 2.24) is 0 Å². The van der Waals surface area contributed by atoms with Crippen LogP contribution in [0.5, 0.6) is 0 Å². The fraction of sp³-hybridized carbons (Fsp3) is 0.167. The molecule has 0 aromatic heterocycles. The SMILES string of the molecule is CC(C)(C)N1c2ccccc2B2c3c(cccc31)-c1ccc3cc4c5c(ccc6cc2c1c3c65)-c1cccc2c1B4c1ccccc1N2C(C)(C)C. The summed E-state index contributed by atoms with van der Waals surface area (Å²) in [6, 6.07) is 47.3. The average molecular weight is 664 g/mol. The second kappa shape index (κ2) is 9.30. The van der Waals surface area contributed by atoms with Gasteiger partial charge in [0.15, 0.2) is 0 Å². The van der Waals surface area contributed by atoms with Crippen LogP contribution in [0.15, 0.2) is 121 Å². The molecule has 52 heavy (non-hydrogen) atoms. The van der Waals surface area contributed by atoms with E-state index < -0.39 is 0 Å². The summed E-state index contributed by atoms with van der Waals surface area (Å²) < 4.78 is 0. The van der Waals surface area contributed by atoms with Gasteiger partial charge >= 0.3 is 0 Å². The number of rotatable bonds is 0. The molecular weight excluding hydrogens is 626 g/mol. The molecule has 0 radical (unpaired) electrons. The molecule has 0 amide bonds. The molecule has 8 aromatic rings. The zero-order chi connectivity index (χ0) is 35.0. The molecule has 2 nitrogen and oxygen atoms in total. The summed E-state index contributed by atoms with van der Waals surface area (Å²) in [6.45, 7) is 14.4. The molecule has 4 aliphatic rings. The predicted molar refractivity (Wildman–Crippen MR) is 227 cm³/mol. The van der Waals surface area contributed by atoms with Crippen molar-refractivity contribution < 1.29 is 0 Å². The average Bonchev–Trinajstić information content (AvgIpc) is 3.13. The van der Waals surface area contributed by atoms with Crippen molar-refractivity contribution in [2.45, 2.75) is 52.6 Å². The minimum Gasteiger partial charge on any atom is -0.337 e. The maximum atomic E-state index is 2.58. The predicted octanol–water partition coefficient (Wildman–Crippen LogP) is 8.08. The van der Waals surface area contributed by atoms with Gasteiger partial charge in [0.05, 0.1) is 0 Å². The van der Waals surface area contributed by atoms with E-state index in [1.165, 1.54) is 110 Å². The fourth-order valence-electron chi connectivity index (χ4n) is 11.1. The van der Waals surface area contributed by atoms with Gasteiger partial charge in [-0.15, -0.1) is 0 Å². The first-order valence-electron chi connectivity index (χ1n) is 18.9. The lowest BCUT2D eigenvalue weighted by Gasteiger charge is -2.47. The Balaban J connectivity index is 1.23. The van der Waals surface area contributed by atoms with Crippen molar-refractivity contribution in [3.8, 4) is 22.3 Å². The van der Waals surface area contributed by atoms with Crippen molar-refractivity contribution in [2.75, 3.05) is 9.80 Å². The molecule has 4 heteroatoms. The van der Waals surface area contributed by atoms with E-state index >= 15 is 0 Å². The van der Waals surface area contributed by atoms with Crippen LogP contribution in [-0.2, 0) is 0 Å². The Kier molecular flexibility index (Phi) is 5.21. The highest BCUT2D eigenvalue weighted by Crippen LogP contribution is 2.47. The van der Waals surface area contributed by atoms with E-state index in [4.69, 9.17) is 0 Å². The Morgan fingerprint density at radius 3 is 1.19 bits per heavy atom. The largest absolute Gasteiger partial charge is 0.337 e. The van der Waals surface area contributed by atoms with Gasteiger partial charge in [0, 0.05) is 33.8 Å². The monoisotopic (exact) mass is 664 g/mol. The van der Waals surface area contributed by atoms with Gasteiger partial charge in [0.1, 0.15) is 0 Å². The normalized spacial score (nSPS) is 15.0. The van der Waals surface area contributed by atoms with Gasteiger partial charge in [0.2, 0.25) is 13.4 Å². The molecular formula is C48H38B2N2. The number of fused-ring (bicyclic) bond motifs is 8. The van der Waals surface area contributed by atoms with E-state index in [0.29, 0.717) is 0 Å². The van der Waals surface area contributed by atoms with Crippen molar-refractivity contribution in [1.29, 1.82) is 0 Å². The maximum Gasteiger partial charge on any atom is 0.248 e.